The van der Waals surface area contributed by atoms with Gasteiger partial charge in [0.25, 0.3) is 0 Å². The molecule has 3 rings (SSSR count). The molecule has 2 aliphatic rings. The fraction of sp³-hybridized carbons (Fsp3) is 0.571. The van der Waals surface area contributed by atoms with Crippen LogP contribution >= 0.6 is 0 Å². The average Bonchev–Trinajstić information content (AvgIpc) is 2.66. The third-order valence-electron chi connectivity index (χ3n) is 3.95. The molecule has 1 aliphatic carbocycles. The number of benzene rings is 1. The summed E-state index contributed by atoms with van der Waals surface area (Å²) in [5.41, 5.74) is 2.70. The topological polar surface area (TPSA) is 23.5 Å². The van der Waals surface area contributed by atoms with Crippen LogP contribution in [0.5, 0.6) is 0 Å². The van der Waals surface area contributed by atoms with E-state index >= 15 is 0 Å². The molecule has 0 unspecified atom stereocenters. The average molecular weight is 217 g/mol. The highest BCUT2D eigenvalue weighted by Gasteiger charge is 2.35. The quantitative estimate of drug-likeness (QED) is 0.779. The normalized spacial score (nSPS) is 30.3. The Morgan fingerprint density at radius 2 is 1.81 bits per heavy atom. The van der Waals surface area contributed by atoms with Gasteiger partial charge in [0.05, 0.1) is 12.1 Å². The van der Waals surface area contributed by atoms with Gasteiger partial charge in [0.2, 0.25) is 0 Å². The number of aliphatic hydroxyl groups excluding tert-OH is 1. The maximum atomic E-state index is 10.2. The van der Waals surface area contributed by atoms with E-state index in [2.05, 4.69) is 29.2 Å². The summed E-state index contributed by atoms with van der Waals surface area (Å²) in [6.45, 7) is 2.30. The van der Waals surface area contributed by atoms with E-state index in [9.17, 15) is 5.11 Å². The fourth-order valence-electron chi connectivity index (χ4n) is 3.19. The van der Waals surface area contributed by atoms with E-state index in [1.54, 1.807) is 0 Å². The zero-order valence-corrected chi connectivity index (χ0v) is 9.60. The Bertz CT molecular complexity index is 371. The molecule has 1 fully saturated rings. The van der Waals surface area contributed by atoms with Crippen molar-refractivity contribution in [3.05, 3.63) is 35.4 Å². The van der Waals surface area contributed by atoms with Crippen molar-refractivity contribution >= 4 is 0 Å². The number of rotatable bonds is 1. The summed E-state index contributed by atoms with van der Waals surface area (Å²) in [6.07, 6.45) is 4.55. The Hall–Kier alpha value is -0.860. The molecule has 0 bridgehead atoms. The third-order valence-corrected chi connectivity index (χ3v) is 3.95. The zero-order valence-electron chi connectivity index (χ0n) is 9.60. The van der Waals surface area contributed by atoms with E-state index in [0.29, 0.717) is 0 Å². The minimum atomic E-state index is -0.199. The first-order valence-electron chi connectivity index (χ1n) is 6.36. The molecule has 2 atom stereocenters. The highest BCUT2D eigenvalue weighted by Crippen LogP contribution is 2.37. The van der Waals surface area contributed by atoms with Crippen molar-refractivity contribution in [1.82, 2.24) is 4.90 Å². The molecule has 0 radical (unpaired) electrons. The van der Waals surface area contributed by atoms with E-state index in [1.807, 2.05) is 0 Å². The van der Waals surface area contributed by atoms with Crippen LogP contribution in [-0.2, 0) is 6.42 Å². The Morgan fingerprint density at radius 1 is 1.06 bits per heavy atom. The van der Waals surface area contributed by atoms with E-state index in [1.165, 1.54) is 30.4 Å². The Morgan fingerprint density at radius 3 is 2.62 bits per heavy atom. The number of hydrogen-bond donors (Lipinski definition) is 1. The summed E-state index contributed by atoms with van der Waals surface area (Å²) in [5.74, 6) is 0. The second kappa shape index (κ2) is 4.19. The van der Waals surface area contributed by atoms with Crippen LogP contribution in [0.1, 0.15) is 36.4 Å². The number of aliphatic hydroxyl groups is 1. The van der Waals surface area contributed by atoms with Gasteiger partial charge in [-0.1, -0.05) is 30.7 Å². The van der Waals surface area contributed by atoms with Crippen molar-refractivity contribution in [2.45, 2.75) is 37.8 Å². The molecule has 2 heteroatoms. The molecule has 1 heterocycles. The van der Waals surface area contributed by atoms with E-state index in [0.717, 1.165) is 19.5 Å². The van der Waals surface area contributed by atoms with Crippen molar-refractivity contribution in [2.75, 3.05) is 13.1 Å². The van der Waals surface area contributed by atoms with Crippen LogP contribution in [-0.4, -0.2) is 29.2 Å². The van der Waals surface area contributed by atoms with Gasteiger partial charge < -0.3 is 5.11 Å². The molecule has 0 spiro atoms. The van der Waals surface area contributed by atoms with Crippen LogP contribution in [0.25, 0.3) is 0 Å². The number of hydrogen-bond acceptors (Lipinski definition) is 2. The van der Waals surface area contributed by atoms with Crippen LogP contribution in [0.15, 0.2) is 24.3 Å². The first kappa shape index (κ1) is 10.3. The SMILES string of the molecule is O[C@H]1Cc2ccccc2[C@@H]1N1CCCCC1. The minimum absolute atomic E-state index is 0.199. The smallest absolute Gasteiger partial charge is 0.0777 e. The summed E-state index contributed by atoms with van der Waals surface area (Å²) in [4.78, 5) is 2.47. The van der Waals surface area contributed by atoms with Gasteiger partial charge in [0.1, 0.15) is 0 Å². The highest BCUT2D eigenvalue weighted by molar-refractivity contribution is 5.36. The summed E-state index contributed by atoms with van der Waals surface area (Å²) in [7, 11) is 0. The maximum Gasteiger partial charge on any atom is 0.0777 e. The van der Waals surface area contributed by atoms with E-state index in [-0.39, 0.29) is 12.1 Å². The lowest BCUT2D eigenvalue weighted by molar-refractivity contribution is 0.0496. The minimum Gasteiger partial charge on any atom is -0.391 e. The highest BCUT2D eigenvalue weighted by atomic mass is 16.3. The predicted molar refractivity (Wildman–Crippen MR) is 64.3 cm³/mol. The summed E-state index contributed by atoms with van der Waals surface area (Å²) < 4.78 is 0. The molecule has 1 N–H and O–H groups in total. The largest absolute Gasteiger partial charge is 0.391 e. The van der Waals surface area contributed by atoms with Crippen LogP contribution in [0.4, 0.5) is 0 Å². The molecule has 0 amide bonds. The van der Waals surface area contributed by atoms with Crippen molar-refractivity contribution in [2.24, 2.45) is 0 Å². The van der Waals surface area contributed by atoms with Crippen LogP contribution in [0.2, 0.25) is 0 Å². The number of likely N-dealkylation sites (tertiary alicyclic amines) is 1. The molecular weight excluding hydrogens is 198 g/mol. The van der Waals surface area contributed by atoms with Crippen molar-refractivity contribution in [1.29, 1.82) is 0 Å². The van der Waals surface area contributed by atoms with Crippen LogP contribution in [0, 0.1) is 0 Å². The molecule has 1 aromatic rings. The van der Waals surface area contributed by atoms with Crippen molar-refractivity contribution < 1.29 is 5.11 Å². The van der Waals surface area contributed by atoms with Gasteiger partial charge in [-0.3, -0.25) is 4.90 Å². The fourth-order valence-corrected chi connectivity index (χ4v) is 3.19. The van der Waals surface area contributed by atoms with Gasteiger partial charge in [-0.25, -0.2) is 0 Å². The first-order chi connectivity index (χ1) is 7.86. The summed E-state index contributed by atoms with van der Waals surface area (Å²) >= 11 is 0. The Kier molecular flexibility index (Phi) is 2.70. The second-order valence-corrected chi connectivity index (χ2v) is 5.01. The van der Waals surface area contributed by atoms with Gasteiger partial charge in [-0.15, -0.1) is 0 Å². The van der Waals surface area contributed by atoms with Gasteiger partial charge >= 0.3 is 0 Å². The monoisotopic (exact) mass is 217 g/mol. The summed E-state index contributed by atoms with van der Waals surface area (Å²) in [5, 5.41) is 10.2. The number of piperidine rings is 1. The molecule has 0 aromatic heterocycles. The summed E-state index contributed by atoms with van der Waals surface area (Å²) in [6, 6.07) is 8.77. The van der Waals surface area contributed by atoms with Gasteiger partial charge in [-0.2, -0.15) is 0 Å². The van der Waals surface area contributed by atoms with Crippen molar-refractivity contribution in [3.8, 4) is 0 Å². The Balaban J connectivity index is 1.89. The second-order valence-electron chi connectivity index (χ2n) is 5.01. The van der Waals surface area contributed by atoms with Crippen molar-refractivity contribution in [3.63, 3.8) is 0 Å². The lowest BCUT2D eigenvalue weighted by Crippen LogP contribution is -2.37. The Labute approximate surface area is 96.9 Å². The maximum absolute atomic E-state index is 10.2. The van der Waals surface area contributed by atoms with Crippen LogP contribution < -0.4 is 0 Å². The number of nitrogens with zero attached hydrogens (tertiary/aromatic N) is 1. The predicted octanol–water partition coefficient (Wildman–Crippen LogP) is 2.13. The van der Waals surface area contributed by atoms with Gasteiger partial charge in [0, 0.05) is 6.42 Å². The lowest BCUT2D eigenvalue weighted by atomic mass is 10.0. The van der Waals surface area contributed by atoms with E-state index < -0.39 is 0 Å². The molecule has 0 saturated carbocycles. The molecule has 2 nitrogen and oxygen atoms in total. The zero-order chi connectivity index (χ0) is 11.0. The van der Waals surface area contributed by atoms with E-state index in [4.69, 9.17) is 0 Å². The van der Waals surface area contributed by atoms with Gasteiger partial charge in [0.15, 0.2) is 0 Å². The standard InChI is InChI=1S/C14H19NO/c16-13-10-11-6-2-3-7-12(11)14(13)15-8-4-1-5-9-15/h2-3,6-7,13-14,16H,1,4-5,8-10H2/t13-,14-/m0/s1. The molecule has 1 aliphatic heterocycles. The number of fused-ring (bicyclic) bond motifs is 1. The molecule has 1 aromatic carbocycles. The first-order valence-corrected chi connectivity index (χ1v) is 6.36. The van der Waals surface area contributed by atoms with Crippen LogP contribution in [0.3, 0.4) is 0 Å². The molecule has 1 saturated heterocycles. The van der Waals surface area contributed by atoms with Gasteiger partial charge in [-0.05, 0) is 37.1 Å². The molecule has 16 heavy (non-hydrogen) atoms. The molecule has 86 valence electrons. The molecular formula is C14H19NO. The third kappa shape index (κ3) is 1.66. The lowest BCUT2D eigenvalue weighted by Gasteiger charge is -2.34.